The highest BCUT2D eigenvalue weighted by Crippen LogP contribution is 2.35. The molecule has 1 aromatic rings. The van der Waals surface area contributed by atoms with Gasteiger partial charge in [-0.2, -0.15) is 0 Å². The fourth-order valence-electron chi connectivity index (χ4n) is 3.74. The minimum Gasteiger partial charge on any atom is -0.389 e. The van der Waals surface area contributed by atoms with Gasteiger partial charge in [-0.15, -0.1) is 10.2 Å². The van der Waals surface area contributed by atoms with E-state index in [1.54, 1.807) is 4.90 Å². The summed E-state index contributed by atoms with van der Waals surface area (Å²) in [6.07, 6.45) is 4.16. The molecule has 1 saturated carbocycles. The highest BCUT2D eigenvalue weighted by molar-refractivity contribution is 5.78. The number of amides is 2. The van der Waals surface area contributed by atoms with E-state index in [2.05, 4.69) is 10.2 Å². The lowest BCUT2D eigenvalue weighted by Gasteiger charge is -2.38. The summed E-state index contributed by atoms with van der Waals surface area (Å²) in [4.78, 5) is 27.7. The zero-order valence-electron chi connectivity index (χ0n) is 13.8. The molecule has 3 aliphatic rings. The summed E-state index contributed by atoms with van der Waals surface area (Å²) in [6, 6.07) is 0. The molecule has 1 N–H and O–H groups in total. The Balaban J connectivity index is 1.41. The van der Waals surface area contributed by atoms with Crippen LogP contribution in [0.5, 0.6) is 0 Å². The van der Waals surface area contributed by atoms with E-state index in [0.29, 0.717) is 32.6 Å². The van der Waals surface area contributed by atoms with Crippen molar-refractivity contribution in [2.75, 3.05) is 13.1 Å². The van der Waals surface area contributed by atoms with Crippen molar-refractivity contribution in [2.24, 2.45) is 0 Å². The lowest BCUT2D eigenvalue weighted by Crippen LogP contribution is -2.46. The largest absolute Gasteiger partial charge is 0.389 e. The molecule has 130 valence electrons. The second kappa shape index (κ2) is 5.84. The Bertz CT molecular complexity index is 667. The van der Waals surface area contributed by atoms with Gasteiger partial charge in [0.25, 0.3) is 0 Å². The summed E-state index contributed by atoms with van der Waals surface area (Å²) >= 11 is 0. The fourth-order valence-corrected chi connectivity index (χ4v) is 3.74. The number of carbonyl (C=O) groups excluding carboxylic acids is 2. The predicted octanol–water partition coefficient (Wildman–Crippen LogP) is 0.0478. The number of nitrogens with zero attached hydrogens (tertiary/aromatic N) is 5. The van der Waals surface area contributed by atoms with Crippen LogP contribution in [0.25, 0.3) is 0 Å². The molecule has 1 aromatic heterocycles. The topological polar surface area (TPSA) is 91.6 Å². The van der Waals surface area contributed by atoms with Gasteiger partial charge in [-0.3, -0.25) is 9.59 Å². The number of fused-ring (bicyclic) bond motifs is 1. The molecule has 0 bridgehead atoms. The smallest absolute Gasteiger partial charge is 0.225 e. The van der Waals surface area contributed by atoms with E-state index < -0.39 is 5.60 Å². The van der Waals surface area contributed by atoms with E-state index in [-0.39, 0.29) is 18.2 Å². The Labute approximate surface area is 140 Å². The molecule has 2 aliphatic heterocycles. The summed E-state index contributed by atoms with van der Waals surface area (Å²) in [5.74, 6) is 1.72. The number of aliphatic hydroxyl groups is 1. The lowest BCUT2D eigenvalue weighted by molar-refractivity contribution is -0.142. The van der Waals surface area contributed by atoms with Gasteiger partial charge >= 0.3 is 0 Å². The summed E-state index contributed by atoms with van der Waals surface area (Å²) in [6.45, 7) is 2.95. The molecule has 1 saturated heterocycles. The number of hydrogen-bond acceptors (Lipinski definition) is 5. The first-order chi connectivity index (χ1) is 11.5. The third-order valence-corrected chi connectivity index (χ3v) is 5.45. The molecule has 0 spiro atoms. The molecule has 0 unspecified atom stereocenters. The van der Waals surface area contributed by atoms with Crippen LogP contribution in [0.2, 0.25) is 0 Å². The molecule has 8 heteroatoms. The fraction of sp³-hybridized carbons (Fsp3) is 0.750. The van der Waals surface area contributed by atoms with Crippen LogP contribution in [-0.2, 0) is 29.2 Å². The average Bonchev–Trinajstić information content (AvgIpc) is 3.12. The van der Waals surface area contributed by atoms with Gasteiger partial charge in [0.1, 0.15) is 0 Å². The minimum atomic E-state index is -0.788. The first-order valence-corrected chi connectivity index (χ1v) is 8.73. The van der Waals surface area contributed by atoms with Crippen molar-refractivity contribution in [3.05, 3.63) is 11.6 Å². The van der Waals surface area contributed by atoms with Crippen molar-refractivity contribution >= 4 is 11.8 Å². The zero-order chi connectivity index (χ0) is 16.7. The number of aromatic nitrogens is 3. The number of hydrogen-bond donors (Lipinski definition) is 1. The van der Waals surface area contributed by atoms with Crippen LogP contribution >= 0.6 is 0 Å². The molecular weight excluding hydrogens is 310 g/mol. The molecule has 0 atom stereocenters. The Morgan fingerprint density at radius 1 is 1.17 bits per heavy atom. The van der Waals surface area contributed by atoms with Gasteiger partial charge in [-0.1, -0.05) is 0 Å². The van der Waals surface area contributed by atoms with Gasteiger partial charge in [0, 0.05) is 26.1 Å². The van der Waals surface area contributed by atoms with Crippen molar-refractivity contribution in [3.8, 4) is 0 Å². The van der Waals surface area contributed by atoms with E-state index in [1.165, 1.54) is 0 Å². The predicted molar refractivity (Wildman–Crippen MR) is 83.5 cm³/mol. The van der Waals surface area contributed by atoms with E-state index >= 15 is 0 Å². The highest BCUT2D eigenvalue weighted by Gasteiger charge is 2.38. The molecule has 0 radical (unpaired) electrons. The number of likely N-dealkylation sites (tertiary alicyclic amines) is 1. The average molecular weight is 333 g/mol. The first kappa shape index (κ1) is 15.6. The molecule has 1 aliphatic carbocycles. The number of rotatable bonds is 4. The monoisotopic (exact) mass is 333 g/mol. The summed E-state index contributed by atoms with van der Waals surface area (Å²) in [7, 11) is 0. The Kier molecular flexibility index (Phi) is 3.79. The van der Waals surface area contributed by atoms with E-state index in [4.69, 9.17) is 0 Å². The molecule has 3 heterocycles. The van der Waals surface area contributed by atoms with Crippen LogP contribution in [0.3, 0.4) is 0 Å². The Hall–Kier alpha value is -1.96. The quantitative estimate of drug-likeness (QED) is 0.840. The van der Waals surface area contributed by atoms with E-state index in [0.717, 1.165) is 43.9 Å². The second-order valence-electron chi connectivity index (χ2n) is 7.17. The van der Waals surface area contributed by atoms with Crippen molar-refractivity contribution < 1.29 is 14.7 Å². The van der Waals surface area contributed by atoms with Crippen molar-refractivity contribution in [2.45, 2.75) is 63.8 Å². The van der Waals surface area contributed by atoms with Crippen molar-refractivity contribution in [1.29, 1.82) is 0 Å². The van der Waals surface area contributed by atoms with Crippen molar-refractivity contribution in [3.63, 3.8) is 0 Å². The number of carbonyl (C=O) groups is 2. The van der Waals surface area contributed by atoms with Gasteiger partial charge in [0.05, 0.1) is 25.1 Å². The SMILES string of the molecule is O=C1CCCN1Cc1nnc2n1CCN(C(=O)CC1(O)CCC1)C2. The van der Waals surface area contributed by atoms with Crippen LogP contribution in [-0.4, -0.2) is 60.2 Å². The third kappa shape index (κ3) is 2.79. The molecule has 24 heavy (non-hydrogen) atoms. The van der Waals surface area contributed by atoms with E-state index in [9.17, 15) is 14.7 Å². The molecule has 8 nitrogen and oxygen atoms in total. The Morgan fingerprint density at radius 3 is 2.67 bits per heavy atom. The lowest BCUT2D eigenvalue weighted by atomic mass is 9.77. The third-order valence-electron chi connectivity index (χ3n) is 5.45. The zero-order valence-corrected chi connectivity index (χ0v) is 13.8. The van der Waals surface area contributed by atoms with Gasteiger partial charge < -0.3 is 19.5 Å². The van der Waals surface area contributed by atoms with Gasteiger partial charge in [-0.25, -0.2) is 0 Å². The summed E-state index contributed by atoms with van der Waals surface area (Å²) in [5, 5.41) is 18.6. The maximum atomic E-state index is 12.4. The maximum Gasteiger partial charge on any atom is 0.225 e. The summed E-state index contributed by atoms with van der Waals surface area (Å²) in [5.41, 5.74) is -0.788. The molecule has 0 aromatic carbocycles. The standard InChI is InChI=1S/C16H23N5O3/c22-14-3-1-6-19(14)10-12-17-18-13-11-20(7-8-21(12)13)15(23)9-16(24)4-2-5-16/h24H,1-11H2. The van der Waals surface area contributed by atoms with E-state index in [1.807, 2.05) is 9.47 Å². The highest BCUT2D eigenvalue weighted by atomic mass is 16.3. The summed E-state index contributed by atoms with van der Waals surface area (Å²) < 4.78 is 2.02. The molecule has 4 rings (SSSR count). The molecule has 2 amide bonds. The minimum absolute atomic E-state index is 0.0114. The molecular formula is C16H23N5O3. The van der Waals surface area contributed by atoms with Crippen LogP contribution in [0.4, 0.5) is 0 Å². The van der Waals surface area contributed by atoms with Crippen LogP contribution < -0.4 is 0 Å². The normalized spacial score (nSPS) is 22.5. The van der Waals surface area contributed by atoms with Crippen molar-refractivity contribution in [1.82, 2.24) is 24.6 Å². The van der Waals surface area contributed by atoms with Gasteiger partial charge in [0.2, 0.25) is 11.8 Å². The van der Waals surface area contributed by atoms with Crippen LogP contribution in [0.1, 0.15) is 50.2 Å². The van der Waals surface area contributed by atoms with Gasteiger partial charge in [-0.05, 0) is 25.7 Å². The Morgan fingerprint density at radius 2 is 2.00 bits per heavy atom. The van der Waals surface area contributed by atoms with Crippen LogP contribution in [0, 0.1) is 0 Å². The maximum absolute atomic E-state index is 12.4. The van der Waals surface area contributed by atoms with Gasteiger partial charge in [0.15, 0.2) is 11.6 Å². The second-order valence-corrected chi connectivity index (χ2v) is 7.17. The first-order valence-electron chi connectivity index (χ1n) is 8.73. The molecule has 2 fully saturated rings. The van der Waals surface area contributed by atoms with Crippen LogP contribution in [0.15, 0.2) is 0 Å².